The third kappa shape index (κ3) is 4.12. The molecular formula is C22H25FN5O3P. The highest BCUT2D eigenvalue weighted by Crippen LogP contribution is 2.42. The molecule has 32 heavy (non-hydrogen) atoms. The van der Waals surface area contributed by atoms with Crippen LogP contribution in [0.4, 0.5) is 4.39 Å². The van der Waals surface area contributed by atoms with Crippen molar-refractivity contribution in [1.82, 2.24) is 14.5 Å². The Morgan fingerprint density at radius 3 is 2.59 bits per heavy atom. The molecule has 3 aromatic rings. The quantitative estimate of drug-likeness (QED) is 0.347. The van der Waals surface area contributed by atoms with Gasteiger partial charge in [0.05, 0.1) is 12.5 Å². The molecule has 1 aliphatic rings. The Bertz CT molecular complexity index is 1310. The van der Waals surface area contributed by atoms with E-state index >= 15 is 0 Å². The summed E-state index contributed by atoms with van der Waals surface area (Å²) in [5, 5.41) is 15.4. The largest absolute Gasteiger partial charge is 0.504 e. The average molecular weight is 457 g/mol. The molecule has 0 fully saturated rings. The number of carbonyl (C=O) groups is 1. The number of hydrogen-bond donors (Lipinski definition) is 2. The predicted octanol–water partition coefficient (Wildman–Crippen LogP) is 2.48. The summed E-state index contributed by atoms with van der Waals surface area (Å²) < 4.78 is 27.2. The molecule has 0 unspecified atom stereocenters. The first-order valence-corrected chi connectivity index (χ1v) is 13.0. The van der Waals surface area contributed by atoms with Crippen molar-refractivity contribution in [3.63, 3.8) is 0 Å². The van der Waals surface area contributed by atoms with Crippen LogP contribution < -0.4 is 11.3 Å². The molecule has 0 saturated heterocycles. The van der Waals surface area contributed by atoms with E-state index in [9.17, 15) is 18.9 Å². The van der Waals surface area contributed by atoms with Gasteiger partial charge in [-0.15, -0.1) is 0 Å². The van der Waals surface area contributed by atoms with E-state index in [0.717, 1.165) is 5.56 Å². The number of aromatic nitrogens is 2. The number of benzene rings is 1. The van der Waals surface area contributed by atoms with Crippen LogP contribution in [0.15, 0.2) is 41.6 Å². The number of halogens is 1. The van der Waals surface area contributed by atoms with Gasteiger partial charge in [-0.1, -0.05) is 12.1 Å². The van der Waals surface area contributed by atoms with Crippen molar-refractivity contribution < 1.29 is 18.9 Å². The van der Waals surface area contributed by atoms with Gasteiger partial charge in [-0.3, -0.25) is 9.78 Å². The third-order valence-electron chi connectivity index (χ3n) is 5.58. The van der Waals surface area contributed by atoms with Crippen LogP contribution in [0.25, 0.3) is 10.9 Å². The molecule has 168 valence electrons. The molecule has 1 aliphatic heterocycles. The Morgan fingerprint density at radius 1 is 1.22 bits per heavy atom. The molecule has 4 rings (SSSR count). The SMILES string of the molecule is CP(C)(=O)Cc1ccnc2c(O)c3n(/c(=N\N)c12)CCN(CCc1ccc(F)cc1)C3=O. The van der Waals surface area contributed by atoms with Gasteiger partial charge < -0.3 is 25.0 Å². The minimum absolute atomic E-state index is 0.0767. The molecule has 8 nitrogen and oxygen atoms in total. The lowest BCUT2D eigenvalue weighted by atomic mass is 10.1. The molecule has 0 radical (unpaired) electrons. The Hall–Kier alpha value is -3.19. The summed E-state index contributed by atoms with van der Waals surface area (Å²) in [7, 11) is -2.43. The summed E-state index contributed by atoms with van der Waals surface area (Å²) in [4.78, 5) is 19.2. The van der Waals surface area contributed by atoms with Crippen LogP contribution in [-0.2, 0) is 23.7 Å². The summed E-state index contributed by atoms with van der Waals surface area (Å²) in [6, 6.07) is 7.89. The van der Waals surface area contributed by atoms with E-state index in [1.165, 1.54) is 18.3 Å². The third-order valence-corrected chi connectivity index (χ3v) is 6.68. The predicted molar refractivity (Wildman–Crippen MR) is 120 cm³/mol. The van der Waals surface area contributed by atoms with Gasteiger partial charge in [0.2, 0.25) is 0 Å². The van der Waals surface area contributed by atoms with Crippen LogP contribution in [-0.4, -0.2) is 51.9 Å². The average Bonchev–Trinajstić information content (AvgIpc) is 2.74. The molecule has 3 heterocycles. The number of rotatable bonds is 5. The number of carbonyl (C=O) groups excluding carboxylic acids is 1. The van der Waals surface area contributed by atoms with Gasteiger partial charge in [0.1, 0.15) is 11.3 Å². The van der Waals surface area contributed by atoms with Crippen molar-refractivity contribution in [2.75, 3.05) is 26.4 Å². The molecule has 1 amide bonds. The summed E-state index contributed by atoms with van der Waals surface area (Å²) in [5.74, 6) is 4.81. The monoisotopic (exact) mass is 457 g/mol. The number of nitrogens with two attached hydrogens (primary N) is 1. The zero-order valence-electron chi connectivity index (χ0n) is 18.0. The Morgan fingerprint density at radius 2 is 1.94 bits per heavy atom. The molecule has 0 aliphatic carbocycles. The second kappa shape index (κ2) is 8.39. The van der Waals surface area contributed by atoms with E-state index in [4.69, 9.17) is 5.84 Å². The van der Waals surface area contributed by atoms with E-state index in [1.54, 1.807) is 41.0 Å². The first-order valence-electron chi connectivity index (χ1n) is 10.2. The lowest BCUT2D eigenvalue weighted by Gasteiger charge is -2.31. The molecule has 2 aromatic heterocycles. The van der Waals surface area contributed by atoms with Crippen LogP contribution in [0.5, 0.6) is 5.75 Å². The zero-order chi connectivity index (χ0) is 23.0. The fraction of sp³-hybridized carbons (Fsp3) is 0.318. The lowest BCUT2D eigenvalue weighted by Crippen LogP contribution is -2.46. The van der Waals surface area contributed by atoms with Crippen LogP contribution in [0.3, 0.4) is 0 Å². The van der Waals surface area contributed by atoms with Gasteiger partial charge in [-0.05, 0) is 49.1 Å². The van der Waals surface area contributed by atoms with Crippen molar-refractivity contribution in [2.45, 2.75) is 19.1 Å². The van der Waals surface area contributed by atoms with Gasteiger partial charge in [0, 0.05) is 32.0 Å². The molecule has 10 heteroatoms. The number of aromatic hydroxyl groups is 1. The topological polar surface area (TPSA) is 114 Å². The maximum atomic E-state index is 13.3. The highest BCUT2D eigenvalue weighted by molar-refractivity contribution is 7.61. The van der Waals surface area contributed by atoms with Crippen molar-refractivity contribution in [2.24, 2.45) is 10.9 Å². The molecule has 1 aromatic carbocycles. The minimum atomic E-state index is -2.43. The highest BCUT2D eigenvalue weighted by atomic mass is 31.2. The minimum Gasteiger partial charge on any atom is -0.504 e. The van der Waals surface area contributed by atoms with Crippen molar-refractivity contribution in [3.05, 3.63) is 64.7 Å². The Balaban J connectivity index is 1.76. The van der Waals surface area contributed by atoms with Gasteiger partial charge in [0.15, 0.2) is 16.9 Å². The van der Waals surface area contributed by atoms with Crippen molar-refractivity contribution in [1.29, 1.82) is 0 Å². The molecule has 3 N–H and O–H groups in total. The molecule has 0 atom stereocenters. The van der Waals surface area contributed by atoms with E-state index in [2.05, 4.69) is 10.1 Å². The van der Waals surface area contributed by atoms with E-state index in [0.29, 0.717) is 48.7 Å². The van der Waals surface area contributed by atoms with E-state index in [1.807, 2.05) is 0 Å². The summed E-state index contributed by atoms with van der Waals surface area (Å²) >= 11 is 0. The molecule has 0 bridgehead atoms. The standard InChI is InChI=1S/C22H25FN5O3P/c1-32(2,31)13-15-7-9-25-18-17(15)21(26-24)28-12-11-27(22(30)19(28)20(18)29)10-8-14-3-5-16(23)6-4-14/h3-7,9,29H,8,10-13,24H2,1-2H3/b26-21-. The smallest absolute Gasteiger partial charge is 0.274 e. The summed E-state index contributed by atoms with van der Waals surface area (Å²) in [5.41, 5.74) is 2.24. The van der Waals surface area contributed by atoms with Crippen LogP contribution >= 0.6 is 7.14 Å². The van der Waals surface area contributed by atoms with Gasteiger partial charge in [-0.2, -0.15) is 5.10 Å². The molecular weight excluding hydrogens is 432 g/mol. The second-order valence-electron chi connectivity index (χ2n) is 8.40. The molecule has 0 saturated carbocycles. The lowest BCUT2D eigenvalue weighted by molar-refractivity contribution is 0.0698. The van der Waals surface area contributed by atoms with E-state index < -0.39 is 7.14 Å². The second-order valence-corrected chi connectivity index (χ2v) is 11.9. The fourth-order valence-corrected chi connectivity index (χ4v) is 5.21. The summed E-state index contributed by atoms with van der Waals surface area (Å²) in [6.07, 6.45) is 2.37. The van der Waals surface area contributed by atoms with Gasteiger partial charge in [-0.25, -0.2) is 4.39 Å². The number of amides is 1. The number of pyridine rings is 2. The first kappa shape index (κ1) is 22.0. The van der Waals surface area contributed by atoms with Crippen LogP contribution in [0, 0.1) is 5.82 Å². The first-order chi connectivity index (χ1) is 15.2. The Labute approximate surface area is 184 Å². The zero-order valence-corrected chi connectivity index (χ0v) is 18.8. The number of fused-ring (bicyclic) bond motifs is 2. The summed E-state index contributed by atoms with van der Waals surface area (Å²) in [6.45, 7) is 4.58. The molecule has 0 spiro atoms. The Kier molecular flexibility index (Phi) is 5.77. The number of nitrogens with zero attached hydrogens (tertiary/aromatic N) is 4. The van der Waals surface area contributed by atoms with E-state index in [-0.39, 0.29) is 28.7 Å². The highest BCUT2D eigenvalue weighted by Gasteiger charge is 2.31. The van der Waals surface area contributed by atoms with Gasteiger partial charge in [0.25, 0.3) is 5.91 Å². The van der Waals surface area contributed by atoms with Crippen LogP contribution in [0.2, 0.25) is 0 Å². The maximum Gasteiger partial charge on any atom is 0.274 e. The van der Waals surface area contributed by atoms with Crippen LogP contribution in [0.1, 0.15) is 21.6 Å². The maximum absolute atomic E-state index is 13.3. The number of hydrogen-bond acceptors (Lipinski definition) is 6. The van der Waals surface area contributed by atoms with Crippen molar-refractivity contribution >= 4 is 24.0 Å². The normalized spacial score (nSPS) is 14.8. The fourth-order valence-electron chi connectivity index (χ4n) is 4.12. The van der Waals surface area contributed by atoms with Crippen molar-refractivity contribution in [3.8, 4) is 5.75 Å². The van der Waals surface area contributed by atoms with Gasteiger partial charge >= 0.3 is 0 Å².